The Morgan fingerprint density at radius 2 is 2.05 bits per heavy atom. The Labute approximate surface area is 123 Å². The van der Waals surface area contributed by atoms with Crippen LogP contribution in [0.4, 0.5) is 5.69 Å². The normalized spacial score (nSPS) is 9.25. The molecule has 20 heavy (non-hydrogen) atoms. The van der Waals surface area contributed by atoms with Crippen molar-refractivity contribution in [1.82, 2.24) is 16.2 Å². The van der Waals surface area contributed by atoms with Gasteiger partial charge in [-0.15, -0.1) is 6.58 Å². The number of ether oxygens (including phenoxy) is 1. The van der Waals surface area contributed by atoms with E-state index < -0.39 is 0 Å². The van der Waals surface area contributed by atoms with Gasteiger partial charge < -0.3 is 15.4 Å². The summed E-state index contributed by atoms with van der Waals surface area (Å²) in [5.74, 6) is 0.531. The van der Waals surface area contributed by atoms with Crippen LogP contribution >= 0.6 is 12.2 Å². The van der Waals surface area contributed by atoms with Crippen LogP contribution in [0.5, 0.6) is 5.75 Å². The van der Waals surface area contributed by atoms with E-state index in [0.717, 1.165) is 11.4 Å². The summed E-state index contributed by atoms with van der Waals surface area (Å²) in [6, 6.07) is 7.28. The van der Waals surface area contributed by atoms with E-state index in [-0.39, 0.29) is 12.5 Å². The van der Waals surface area contributed by atoms with E-state index in [9.17, 15) is 4.79 Å². The molecule has 0 saturated heterocycles. The lowest BCUT2D eigenvalue weighted by atomic mass is 10.3. The largest absolute Gasteiger partial charge is 0.497 e. The van der Waals surface area contributed by atoms with Crippen LogP contribution < -0.4 is 26.2 Å². The van der Waals surface area contributed by atoms with Crippen molar-refractivity contribution in [1.29, 1.82) is 0 Å². The number of nitrogens with one attached hydrogen (secondary N) is 4. The number of amides is 1. The quantitative estimate of drug-likeness (QED) is 0.353. The molecule has 1 aromatic carbocycles. The first kappa shape index (κ1) is 15.8. The molecule has 0 fully saturated rings. The van der Waals surface area contributed by atoms with Gasteiger partial charge in [0.15, 0.2) is 5.11 Å². The van der Waals surface area contributed by atoms with E-state index in [1.54, 1.807) is 13.2 Å². The Bertz CT molecular complexity index is 462. The van der Waals surface area contributed by atoms with Crippen LogP contribution in [0.25, 0.3) is 0 Å². The summed E-state index contributed by atoms with van der Waals surface area (Å²) in [6.45, 7) is 4.21. The van der Waals surface area contributed by atoms with E-state index in [2.05, 4.69) is 28.1 Å². The number of methoxy groups -OCH3 is 1. The molecular weight excluding hydrogens is 276 g/mol. The molecule has 0 radical (unpaired) electrons. The second-order valence-corrected chi connectivity index (χ2v) is 4.16. The number of hydrogen-bond donors (Lipinski definition) is 4. The zero-order valence-corrected chi connectivity index (χ0v) is 12.0. The minimum absolute atomic E-state index is 0.128. The number of hydrogen-bond acceptors (Lipinski definition) is 4. The van der Waals surface area contributed by atoms with E-state index in [1.165, 1.54) is 0 Å². The fraction of sp³-hybridized carbons (Fsp3) is 0.231. The van der Waals surface area contributed by atoms with Gasteiger partial charge in [-0.1, -0.05) is 6.08 Å². The predicted molar refractivity (Wildman–Crippen MR) is 83.6 cm³/mol. The van der Waals surface area contributed by atoms with Crippen LogP contribution in [0.15, 0.2) is 36.9 Å². The van der Waals surface area contributed by atoms with Crippen molar-refractivity contribution in [3.63, 3.8) is 0 Å². The maximum atomic E-state index is 11.5. The molecule has 4 N–H and O–H groups in total. The molecule has 0 spiro atoms. The highest BCUT2D eigenvalue weighted by Crippen LogP contribution is 2.14. The molecule has 0 aromatic heterocycles. The number of anilines is 1. The third kappa shape index (κ3) is 6.05. The van der Waals surface area contributed by atoms with E-state index in [0.29, 0.717) is 11.7 Å². The van der Waals surface area contributed by atoms with Crippen molar-refractivity contribution < 1.29 is 9.53 Å². The van der Waals surface area contributed by atoms with Crippen LogP contribution in [0, 0.1) is 0 Å². The second kappa shape index (κ2) is 8.76. The third-order valence-electron chi connectivity index (χ3n) is 2.27. The van der Waals surface area contributed by atoms with Crippen LogP contribution in [0.1, 0.15) is 0 Å². The topological polar surface area (TPSA) is 74.4 Å². The van der Waals surface area contributed by atoms with Gasteiger partial charge in [0.25, 0.3) is 5.91 Å². The van der Waals surface area contributed by atoms with Crippen LogP contribution in [-0.2, 0) is 4.79 Å². The summed E-state index contributed by atoms with van der Waals surface area (Å²) >= 11 is 4.92. The number of rotatable bonds is 6. The summed E-state index contributed by atoms with van der Waals surface area (Å²) in [4.78, 5) is 11.5. The average Bonchev–Trinajstić information content (AvgIpc) is 2.49. The van der Waals surface area contributed by atoms with Crippen molar-refractivity contribution in [3.8, 4) is 5.75 Å². The maximum Gasteiger partial charge on any atom is 0.257 e. The molecule has 7 heteroatoms. The zero-order valence-electron chi connectivity index (χ0n) is 11.2. The Hall–Kier alpha value is -2.28. The number of carbonyl (C=O) groups excluding carboxylic acids is 1. The van der Waals surface area contributed by atoms with Gasteiger partial charge in [0.2, 0.25) is 0 Å². The molecule has 0 aliphatic heterocycles. The number of carbonyl (C=O) groups is 1. The lowest BCUT2D eigenvalue weighted by Crippen LogP contribution is -2.48. The number of hydrazine groups is 1. The van der Waals surface area contributed by atoms with Crippen LogP contribution in [0.3, 0.4) is 0 Å². The SMILES string of the molecule is C=CCNC(=S)NNC(=O)CNc1ccc(OC)cc1. The minimum atomic E-state index is -0.233. The van der Waals surface area contributed by atoms with Crippen molar-refractivity contribution in [2.24, 2.45) is 0 Å². The first-order chi connectivity index (χ1) is 9.65. The van der Waals surface area contributed by atoms with Crippen molar-refractivity contribution in [2.75, 3.05) is 25.5 Å². The summed E-state index contributed by atoms with van der Waals surface area (Å²) in [6.07, 6.45) is 1.67. The fourth-order valence-electron chi connectivity index (χ4n) is 1.27. The first-order valence-corrected chi connectivity index (χ1v) is 6.38. The zero-order chi connectivity index (χ0) is 14.8. The molecule has 0 atom stereocenters. The number of benzene rings is 1. The van der Waals surface area contributed by atoms with Crippen molar-refractivity contribution in [3.05, 3.63) is 36.9 Å². The van der Waals surface area contributed by atoms with Crippen LogP contribution in [0.2, 0.25) is 0 Å². The van der Waals surface area contributed by atoms with Gasteiger partial charge in [-0.05, 0) is 36.5 Å². The Morgan fingerprint density at radius 1 is 1.35 bits per heavy atom. The number of thiocarbonyl (C=S) groups is 1. The molecule has 0 unspecified atom stereocenters. The van der Waals surface area contributed by atoms with Gasteiger partial charge in [0.05, 0.1) is 13.7 Å². The van der Waals surface area contributed by atoms with Gasteiger partial charge in [-0.3, -0.25) is 15.6 Å². The van der Waals surface area contributed by atoms with Gasteiger partial charge in [-0.25, -0.2) is 0 Å². The molecule has 0 heterocycles. The molecule has 6 nitrogen and oxygen atoms in total. The second-order valence-electron chi connectivity index (χ2n) is 3.75. The molecule has 0 aliphatic carbocycles. The molecule has 1 rings (SSSR count). The molecular formula is C13H18N4O2S. The Balaban J connectivity index is 2.25. The summed E-state index contributed by atoms with van der Waals surface area (Å²) in [5.41, 5.74) is 5.88. The van der Waals surface area contributed by atoms with Crippen molar-refractivity contribution in [2.45, 2.75) is 0 Å². The highest BCUT2D eigenvalue weighted by atomic mass is 32.1. The average molecular weight is 294 g/mol. The standard InChI is InChI=1S/C13H18N4O2S/c1-3-8-14-13(20)17-16-12(18)9-15-10-4-6-11(19-2)7-5-10/h3-7,15H,1,8-9H2,2H3,(H,16,18)(H2,14,17,20). The minimum Gasteiger partial charge on any atom is -0.497 e. The molecule has 0 bridgehead atoms. The molecule has 1 aromatic rings. The molecule has 0 aliphatic rings. The van der Waals surface area contributed by atoms with Crippen LogP contribution in [-0.4, -0.2) is 31.2 Å². The van der Waals surface area contributed by atoms with Gasteiger partial charge in [0, 0.05) is 12.2 Å². The highest BCUT2D eigenvalue weighted by molar-refractivity contribution is 7.80. The summed E-state index contributed by atoms with van der Waals surface area (Å²) < 4.78 is 5.05. The lowest BCUT2D eigenvalue weighted by Gasteiger charge is -2.11. The fourth-order valence-corrected chi connectivity index (χ4v) is 1.41. The molecule has 108 valence electrons. The van der Waals surface area contributed by atoms with Gasteiger partial charge in [-0.2, -0.15) is 0 Å². The lowest BCUT2D eigenvalue weighted by molar-refractivity contribution is -0.119. The molecule has 0 saturated carbocycles. The predicted octanol–water partition coefficient (Wildman–Crippen LogP) is 0.788. The summed E-state index contributed by atoms with van der Waals surface area (Å²) in [5, 5.41) is 6.14. The first-order valence-electron chi connectivity index (χ1n) is 5.97. The van der Waals surface area contributed by atoms with E-state index in [4.69, 9.17) is 17.0 Å². The highest BCUT2D eigenvalue weighted by Gasteiger charge is 2.01. The summed E-state index contributed by atoms with van der Waals surface area (Å²) in [7, 11) is 1.60. The Morgan fingerprint density at radius 3 is 2.65 bits per heavy atom. The molecule has 1 amide bonds. The van der Waals surface area contributed by atoms with E-state index >= 15 is 0 Å². The maximum absolute atomic E-state index is 11.5. The Kier molecular flexibility index (Phi) is 6.91. The van der Waals surface area contributed by atoms with E-state index in [1.807, 2.05) is 24.3 Å². The van der Waals surface area contributed by atoms with Crippen molar-refractivity contribution >= 4 is 28.9 Å². The monoisotopic (exact) mass is 294 g/mol. The van der Waals surface area contributed by atoms with Gasteiger partial charge >= 0.3 is 0 Å². The van der Waals surface area contributed by atoms with Gasteiger partial charge in [0.1, 0.15) is 5.75 Å². The smallest absolute Gasteiger partial charge is 0.257 e. The third-order valence-corrected chi connectivity index (χ3v) is 2.51.